The number of methoxy groups -OCH3 is 1. The summed E-state index contributed by atoms with van der Waals surface area (Å²) in [6, 6.07) is 6.76. The number of hydrogen-bond donors (Lipinski definition) is 2. The van der Waals surface area contributed by atoms with Gasteiger partial charge in [-0.15, -0.1) is 0 Å². The Morgan fingerprint density at radius 2 is 2.37 bits per heavy atom. The number of rotatable bonds is 5. The Labute approximate surface area is 124 Å². The molecule has 1 aromatic carbocycles. The van der Waals surface area contributed by atoms with E-state index in [2.05, 4.69) is 38.7 Å². The van der Waals surface area contributed by atoms with E-state index in [9.17, 15) is 0 Å². The maximum Gasteiger partial charge on any atom is 0.133 e. The van der Waals surface area contributed by atoms with Gasteiger partial charge in [-0.3, -0.25) is 0 Å². The summed E-state index contributed by atoms with van der Waals surface area (Å²) in [6.45, 7) is 2.32. The van der Waals surface area contributed by atoms with Gasteiger partial charge in [0.15, 0.2) is 0 Å². The highest BCUT2D eigenvalue weighted by Gasteiger charge is 2.19. The molecule has 0 radical (unpaired) electrons. The summed E-state index contributed by atoms with van der Waals surface area (Å²) in [7, 11) is 3.74. The number of benzene rings is 1. The summed E-state index contributed by atoms with van der Waals surface area (Å²) in [5.41, 5.74) is 1.32. The molecule has 0 saturated carbocycles. The first-order valence-corrected chi connectivity index (χ1v) is 7.75. The van der Waals surface area contributed by atoms with E-state index in [4.69, 9.17) is 4.74 Å². The summed E-state index contributed by atoms with van der Waals surface area (Å²) in [5.74, 6) is 1.66. The van der Waals surface area contributed by atoms with Crippen molar-refractivity contribution in [2.75, 3.05) is 27.2 Å². The molecule has 0 amide bonds. The summed E-state index contributed by atoms with van der Waals surface area (Å²) in [5, 5.41) is 6.93. The Bertz CT molecular complexity index is 405. The van der Waals surface area contributed by atoms with Crippen molar-refractivity contribution in [3.8, 4) is 5.75 Å². The third kappa shape index (κ3) is 3.94. The van der Waals surface area contributed by atoms with Gasteiger partial charge >= 0.3 is 0 Å². The Morgan fingerprint density at radius 3 is 2.95 bits per heavy atom. The first-order chi connectivity index (χ1) is 9.24. The van der Waals surface area contributed by atoms with E-state index in [0.717, 1.165) is 22.7 Å². The van der Waals surface area contributed by atoms with Gasteiger partial charge < -0.3 is 15.4 Å². The van der Waals surface area contributed by atoms with Gasteiger partial charge in [-0.25, -0.2) is 0 Å². The van der Waals surface area contributed by atoms with Crippen molar-refractivity contribution in [2.45, 2.75) is 25.3 Å². The van der Waals surface area contributed by atoms with Crippen LogP contribution in [0.3, 0.4) is 0 Å². The second kappa shape index (κ2) is 7.27. The number of ether oxygens (including phenoxy) is 1. The maximum atomic E-state index is 5.29. The molecule has 2 unspecified atom stereocenters. The Balaban J connectivity index is 2.05. The fourth-order valence-corrected chi connectivity index (χ4v) is 3.34. The van der Waals surface area contributed by atoms with E-state index in [1.54, 1.807) is 7.11 Å². The lowest BCUT2D eigenvalue weighted by atomic mass is 9.89. The molecule has 1 fully saturated rings. The molecule has 0 aromatic heterocycles. The lowest BCUT2D eigenvalue weighted by molar-refractivity contribution is 0.322. The average Bonchev–Trinajstić information content (AvgIpc) is 2.46. The van der Waals surface area contributed by atoms with E-state index in [-0.39, 0.29) is 0 Å². The van der Waals surface area contributed by atoms with E-state index >= 15 is 0 Å². The Kier molecular flexibility index (Phi) is 5.67. The second-order valence-electron chi connectivity index (χ2n) is 5.18. The summed E-state index contributed by atoms with van der Waals surface area (Å²) >= 11 is 3.56. The van der Waals surface area contributed by atoms with Crippen molar-refractivity contribution < 1.29 is 4.74 Å². The standard InChI is InChI=1S/C15H23BrN2O/c1-17-14(8-11-4-3-7-18-10-11)12-5-6-15(19-2)13(16)9-12/h5-6,9,11,14,17-18H,3-4,7-8,10H2,1-2H3. The molecule has 0 spiro atoms. The normalized spacial score (nSPS) is 21.1. The van der Waals surface area contributed by atoms with E-state index in [1.807, 2.05) is 13.1 Å². The van der Waals surface area contributed by atoms with Crippen molar-refractivity contribution in [3.63, 3.8) is 0 Å². The van der Waals surface area contributed by atoms with Crippen molar-refractivity contribution in [3.05, 3.63) is 28.2 Å². The molecule has 2 N–H and O–H groups in total. The number of piperidine rings is 1. The third-order valence-electron chi connectivity index (χ3n) is 3.89. The SMILES string of the molecule is CNC(CC1CCCNC1)c1ccc(OC)c(Br)c1. The first kappa shape index (κ1) is 14.8. The average molecular weight is 327 g/mol. The van der Waals surface area contributed by atoms with E-state index < -0.39 is 0 Å². The van der Waals surface area contributed by atoms with Crippen LogP contribution < -0.4 is 15.4 Å². The highest BCUT2D eigenvalue weighted by Crippen LogP contribution is 2.31. The Morgan fingerprint density at radius 1 is 1.53 bits per heavy atom. The Hall–Kier alpha value is -0.580. The molecule has 1 aliphatic rings. The predicted molar refractivity (Wildman–Crippen MR) is 82.7 cm³/mol. The van der Waals surface area contributed by atoms with Gasteiger partial charge in [0.1, 0.15) is 5.75 Å². The molecule has 2 rings (SSSR count). The minimum atomic E-state index is 0.409. The van der Waals surface area contributed by atoms with Gasteiger partial charge in [-0.05, 0) is 78.9 Å². The van der Waals surface area contributed by atoms with Gasteiger partial charge in [-0.1, -0.05) is 6.07 Å². The van der Waals surface area contributed by atoms with E-state index in [0.29, 0.717) is 6.04 Å². The first-order valence-electron chi connectivity index (χ1n) is 6.96. The third-order valence-corrected chi connectivity index (χ3v) is 4.51. The van der Waals surface area contributed by atoms with Crippen LogP contribution in [0.4, 0.5) is 0 Å². The van der Waals surface area contributed by atoms with Crippen molar-refractivity contribution >= 4 is 15.9 Å². The molecule has 3 nitrogen and oxygen atoms in total. The molecule has 0 bridgehead atoms. The molecule has 0 aliphatic carbocycles. The largest absolute Gasteiger partial charge is 0.496 e. The van der Waals surface area contributed by atoms with Crippen LogP contribution in [0, 0.1) is 5.92 Å². The van der Waals surface area contributed by atoms with Crippen LogP contribution in [0.5, 0.6) is 5.75 Å². The maximum absolute atomic E-state index is 5.29. The molecular formula is C15H23BrN2O. The van der Waals surface area contributed by atoms with E-state index in [1.165, 1.54) is 31.4 Å². The van der Waals surface area contributed by atoms with Crippen LogP contribution in [-0.2, 0) is 0 Å². The molecule has 2 atom stereocenters. The minimum absolute atomic E-state index is 0.409. The molecule has 4 heteroatoms. The zero-order valence-electron chi connectivity index (χ0n) is 11.7. The van der Waals surface area contributed by atoms with Crippen LogP contribution in [0.2, 0.25) is 0 Å². The predicted octanol–water partition coefficient (Wildman–Crippen LogP) is 3.11. The molecule has 1 saturated heterocycles. The van der Waals surface area contributed by atoms with Crippen LogP contribution in [0.25, 0.3) is 0 Å². The molecule has 1 aromatic rings. The van der Waals surface area contributed by atoms with Gasteiger partial charge in [0.2, 0.25) is 0 Å². The highest BCUT2D eigenvalue weighted by molar-refractivity contribution is 9.10. The quantitative estimate of drug-likeness (QED) is 0.872. The molecular weight excluding hydrogens is 304 g/mol. The number of nitrogens with one attached hydrogen (secondary N) is 2. The molecule has 1 heterocycles. The minimum Gasteiger partial charge on any atom is -0.496 e. The zero-order chi connectivity index (χ0) is 13.7. The summed E-state index contributed by atoms with van der Waals surface area (Å²) < 4.78 is 6.31. The highest BCUT2D eigenvalue weighted by atomic mass is 79.9. The molecule has 19 heavy (non-hydrogen) atoms. The summed E-state index contributed by atoms with van der Waals surface area (Å²) in [4.78, 5) is 0. The second-order valence-corrected chi connectivity index (χ2v) is 6.04. The van der Waals surface area contributed by atoms with Crippen molar-refractivity contribution in [1.82, 2.24) is 10.6 Å². The van der Waals surface area contributed by atoms with Crippen molar-refractivity contribution in [2.24, 2.45) is 5.92 Å². The van der Waals surface area contributed by atoms with Gasteiger partial charge in [0.05, 0.1) is 11.6 Å². The number of halogens is 1. The molecule has 1 aliphatic heterocycles. The van der Waals surface area contributed by atoms with Gasteiger partial charge in [0.25, 0.3) is 0 Å². The smallest absolute Gasteiger partial charge is 0.133 e. The lowest BCUT2D eigenvalue weighted by Crippen LogP contribution is -2.32. The molecule has 106 valence electrons. The fourth-order valence-electron chi connectivity index (χ4n) is 2.78. The lowest BCUT2D eigenvalue weighted by Gasteiger charge is -2.27. The van der Waals surface area contributed by atoms with Gasteiger partial charge in [-0.2, -0.15) is 0 Å². The van der Waals surface area contributed by atoms with Crippen LogP contribution in [0.1, 0.15) is 30.9 Å². The summed E-state index contributed by atoms with van der Waals surface area (Å²) in [6.07, 6.45) is 3.82. The van der Waals surface area contributed by atoms with Crippen LogP contribution in [-0.4, -0.2) is 27.2 Å². The van der Waals surface area contributed by atoms with Gasteiger partial charge in [0, 0.05) is 6.04 Å². The van der Waals surface area contributed by atoms with Crippen molar-refractivity contribution in [1.29, 1.82) is 0 Å². The van der Waals surface area contributed by atoms with Crippen LogP contribution >= 0.6 is 15.9 Å². The van der Waals surface area contributed by atoms with Crippen LogP contribution in [0.15, 0.2) is 22.7 Å². The fraction of sp³-hybridized carbons (Fsp3) is 0.600. The topological polar surface area (TPSA) is 33.3 Å². The zero-order valence-corrected chi connectivity index (χ0v) is 13.3. The monoisotopic (exact) mass is 326 g/mol. The number of hydrogen-bond acceptors (Lipinski definition) is 3.